The van der Waals surface area contributed by atoms with Gasteiger partial charge in [-0.3, -0.25) is 0 Å². The van der Waals surface area contributed by atoms with Gasteiger partial charge < -0.3 is 9.67 Å². The van der Waals surface area contributed by atoms with Crippen molar-refractivity contribution in [3.8, 4) is 0 Å². The summed E-state index contributed by atoms with van der Waals surface area (Å²) in [7, 11) is 0. The fraction of sp³-hybridized carbons (Fsp3) is 0.308. The zero-order valence-electron chi connectivity index (χ0n) is 9.47. The van der Waals surface area contributed by atoms with Gasteiger partial charge in [-0.2, -0.15) is 0 Å². The maximum atomic E-state index is 10.8. The van der Waals surface area contributed by atoms with Gasteiger partial charge in [0, 0.05) is 24.3 Å². The third-order valence-corrected chi connectivity index (χ3v) is 2.52. The van der Waals surface area contributed by atoms with Gasteiger partial charge >= 0.3 is 5.97 Å². The quantitative estimate of drug-likeness (QED) is 0.858. The Morgan fingerprint density at radius 1 is 1.31 bits per heavy atom. The van der Waals surface area contributed by atoms with Crippen molar-refractivity contribution >= 4 is 16.7 Å². The molecule has 0 saturated carbocycles. The first kappa shape index (κ1) is 10.7. The molecular weight excluding hydrogens is 202 g/mol. The number of nitrogens with zero attached hydrogens (tertiary/aromatic N) is 1. The Bertz CT molecular complexity index is 526. The van der Waals surface area contributed by atoms with Crippen LogP contribution in [0.25, 0.3) is 10.8 Å². The fourth-order valence-corrected chi connectivity index (χ4v) is 1.86. The number of carboxylic acid groups (broad SMARTS) is 1. The zero-order valence-corrected chi connectivity index (χ0v) is 9.47. The van der Waals surface area contributed by atoms with Crippen molar-refractivity contribution in [3.05, 3.63) is 36.2 Å². The number of benzene rings is 1. The highest BCUT2D eigenvalue weighted by Crippen LogP contribution is 2.18. The number of hydrogen-bond donors (Lipinski definition) is 1. The molecule has 0 unspecified atom stereocenters. The summed E-state index contributed by atoms with van der Waals surface area (Å²) in [6.45, 7) is 5.28. The Balaban J connectivity index is 2.42. The lowest BCUT2D eigenvalue weighted by Crippen LogP contribution is -2.00. The highest BCUT2D eigenvalue weighted by molar-refractivity contribution is 5.94. The molecule has 0 aliphatic rings. The molecule has 0 atom stereocenters. The summed E-state index contributed by atoms with van der Waals surface area (Å²) in [5, 5.41) is 11.0. The average molecular weight is 217 g/mol. The molecule has 3 nitrogen and oxygen atoms in total. The maximum Gasteiger partial charge on any atom is 0.335 e. The predicted octanol–water partition coefficient (Wildman–Crippen LogP) is 3.00. The van der Waals surface area contributed by atoms with E-state index in [1.807, 2.05) is 12.3 Å². The van der Waals surface area contributed by atoms with Crippen molar-refractivity contribution in [1.82, 2.24) is 4.57 Å². The van der Waals surface area contributed by atoms with Crippen molar-refractivity contribution in [2.24, 2.45) is 5.92 Å². The van der Waals surface area contributed by atoms with Crippen molar-refractivity contribution < 1.29 is 9.90 Å². The summed E-state index contributed by atoms with van der Waals surface area (Å²) < 4.78 is 2.11. The number of carbonyl (C=O) groups is 1. The van der Waals surface area contributed by atoms with Crippen LogP contribution in [0.4, 0.5) is 0 Å². The lowest BCUT2D eigenvalue weighted by molar-refractivity contribution is 0.0697. The molecule has 3 heteroatoms. The van der Waals surface area contributed by atoms with Gasteiger partial charge in [0.1, 0.15) is 0 Å². The molecule has 0 amide bonds. The van der Waals surface area contributed by atoms with Gasteiger partial charge in [0.15, 0.2) is 0 Å². The van der Waals surface area contributed by atoms with Gasteiger partial charge in [0.25, 0.3) is 0 Å². The number of hydrogen-bond acceptors (Lipinski definition) is 1. The van der Waals surface area contributed by atoms with Gasteiger partial charge in [-0.05, 0) is 23.4 Å². The van der Waals surface area contributed by atoms with Gasteiger partial charge in [0.2, 0.25) is 0 Å². The first-order chi connectivity index (χ1) is 7.56. The minimum atomic E-state index is -0.876. The number of rotatable bonds is 3. The summed E-state index contributed by atoms with van der Waals surface area (Å²) in [4.78, 5) is 10.8. The molecule has 0 aliphatic carbocycles. The van der Waals surface area contributed by atoms with Crippen LogP contribution >= 0.6 is 0 Å². The van der Waals surface area contributed by atoms with Gasteiger partial charge in [-0.25, -0.2) is 4.79 Å². The van der Waals surface area contributed by atoms with Crippen LogP contribution in [0.2, 0.25) is 0 Å². The van der Waals surface area contributed by atoms with Crippen LogP contribution in [-0.2, 0) is 6.54 Å². The Morgan fingerprint density at radius 3 is 2.62 bits per heavy atom. The van der Waals surface area contributed by atoms with E-state index in [4.69, 9.17) is 5.11 Å². The van der Waals surface area contributed by atoms with Crippen LogP contribution in [-0.4, -0.2) is 15.6 Å². The zero-order chi connectivity index (χ0) is 11.7. The fourth-order valence-electron chi connectivity index (χ4n) is 1.86. The number of aromatic nitrogens is 1. The van der Waals surface area contributed by atoms with E-state index in [1.165, 1.54) is 0 Å². The molecule has 1 aromatic heterocycles. The minimum Gasteiger partial charge on any atom is -0.478 e. The number of aromatic carboxylic acids is 1. The topological polar surface area (TPSA) is 42.2 Å². The maximum absolute atomic E-state index is 10.8. The molecule has 0 fully saturated rings. The molecule has 0 bridgehead atoms. The summed E-state index contributed by atoms with van der Waals surface area (Å²) >= 11 is 0. The van der Waals surface area contributed by atoms with Crippen LogP contribution in [0.1, 0.15) is 24.2 Å². The van der Waals surface area contributed by atoms with E-state index in [0.29, 0.717) is 11.5 Å². The molecule has 0 saturated heterocycles. The van der Waals surface area contributed by atoms with E-state index in [1.54, 1.807) is 12.1 Å². The lowest BCUT2D eigenvalue weighted by Gasteiger charge is -2.04. The third-order valence-electron chi connectivity index (χ3n) is 2.52. The monoisotopic (exact) mass is 217 g/mol. The Hall–Kier alpha value is -1.77. The lowest BCUT2D eigenvalue weighted by atomic mass is 10.1. The third kappa shape index (κ3) is 2.08. The van der Waals surface area contributed by atoms with Gasteiger partial charge in [0.05, 0.1) is 5.56 Å². The molecule has 1 heterocycles. The molecule has 1 N–H and O–H groups in total. The molecular formula is C13H15NO2. The van der Waals surface area contributed by atoms with Crippen LogP contribution in [0.3, 0.4) is 0 Å². The summed E-state index contributed by atoms with van der Waals surface area (Å²) in [5.41, 5.74) is 0.342. The van der Waals surface area contributed by atoms with E-state index >= 15 is 0 Å². The second-order valence-corrected chi connectivity index (χ2v) is 4.50. The Labute approximate surface area is 94.3 Å². The van der Waals surface area contributed by atoms with Crippen LogP contribution in [0.5, 0.6) is 0 Å². The largest absolute Gasteiger partial charge is 0.478 e. The van der Waals surface area contributed by atoms with Gasteiger partial charge in [-0.15, -0.1) is 0 Å². The molecule has 2 aromatic rings. The molecule has 2 rings (SSSR count). The molecule has 16 heavy (non-hydrogen) atoms. The normalized spacial score (nSPS) is 11.2. The van der Waals surface area contributed by atoms with E-state index in [-0.39, 0.29) is 0 Å². The van der Waals surface area contributed by atoms with Crippen molar-refractivity contribution in [3.63, 3.8) is 0 Å². The van der Waals surface area contributed by atoms with E-state index in [0.717, 1.165) is 17.3 Å². The van der Waals surface area contributed by atoms with E-state index < -0.39 is 5.97 Å². The number of fused-ring (bicyclic) bond motifs is 1. The van der Waals surface area contributed by atoms with Crippen molar-refractivity contribution in [1.29, 1.82) is 0 Å². The molecule has 1 aromatic carbocycles. The molecule has 0 spiro atoms. The SMILES string of the molecule is CC(C)Cn1cc2ccc(C(=O)O)cc2c1. The summed E-state index contributed by atoms with van der Waals surface area (Å²) in [5.74, 6) is -0.292. The van der Waals surface area contributed by atoms with Crippen LogP contribution in [0, 0.1) is 5.92 Å². The molecule has 84 valence electrons. The highest BCUT2D eigenvalue weighted by atomic mass is 16.4. The highest BCUT2D eigenvalue weighted by Gasteiger charge is 2.05. The number of carboxylic acids is 1. The van der Waals surface area contributed by atoms with Crippen LogP contribution < -0.4 is 0 Å². The van der Waals surface area contributed by atoms with Gasteiger partial charge in [-0.1, -0.05) is 19.9 Å². The standard InChI is InChI=1S/C13H15NO2/c1-9(2)6-14-7-11-4-3-10(13(15)16)5-12(11)8-14/h3-5,7-9H,6H2,1-2H3,(H,15,16). The van der Waals surface area contributed by atoms with E-state index in [9.17, 15) is 4.79 Å². The molecule has 0 radical (unpaired) electrons. The van der Waals surface area contributed by atoms with E-state index in [2.05, 4.69) is 24.6 Å². The second kappa shape index (κ2) is 4.00. The first-order valence-corrected chi connectivity index (χ1v) is 5.39. The predicted molar refractivity (Wildman–Crippen MR) is 63.7 cm³/mol. The smallest absolute Gasteiger partial charge is 0.335 e. The Kier molecular flexibility index (Phi) is 2.69. The summed E-state index contributed by atoms with van der Waals surface area (Å²) in [6.07, 6.45) is 4.06. The van der Waals surface area contributed by atoms with Crippen LogP contribution in [0.15, 0.2) is 30.6 Å². The van der Waals surface area contributed by atoms with Crippen molar-refractivity contribution in [2.75, 3.05) is 0 Å². The van der Waals surface area contributed by atoms with Crippen molar-refractivity contribution in [2.45, 2.75) is 20.4 Å². The Morgan fingerprint density at radius 2 is 2.00 bits per heavy atom. The molecule has 0 aliphatic heterocycles. The summed E-state index contributed by atoms with van der Waals surface area (Å²) in [6, 6.07) is 5.22. The second-order valence-electron chi connectivity index (χ2n) is 4.50. The first-order valence-electron chi connectivity index (χ1n) is 5.39. The minimum absolute atomic E-state index is 0.342. The average Bonchev–Trinajstić information content (AvgIpc) is 2.56.